The summed E-state index contributed by atoms with van der Waals surface area (Å²) in [4.78, 5) is 4.24. The molecule has 84 valence electrons. The first kappa shape index (κ1) is 11.1. The molecule has 0 radical (unpaired) electrons. The van der Waals surface area contributed by atoms with E-state index in [0.717, 1.165) is 10.2 Å². The van der Waals surface area contributed by atoms with Gasteiger partial charge in [-0.15, -0.1) is 0 Å². The zero-order chi connectivity index (χ0) is 11.7. The summed E-state index contributed by atoms with van der Waals surface area (Å²) in [6.45, 7) is 1.87. The maximum absolute atomic E-state index is 13.8. The zero-order valence-electron chi connectivity index (χ0n) is 8.96. The van der Waals surface area contributed by atoms with Gasteiger partial charge < -0.3 is 5.32 Å². The highest BCUT2D eigenvalue weighted by atomic mass is 79.9. The number of nitrogens with one attached hydrogen (secondary N) is 1. The third-order valence-corrected chi connectivity index (χ3v) is 2.71. The zero-order valence-corrected chi connectivity index (χ0v) is 10.5. The van der Waals surface area contributed by atoms with Gasteiger partial charge in [0.05, 0.1) is 11.4 Å². The summed E-state index contributed by atoms with van der Waals surface area (Å²) in [7, 11) is 1.76. The quantitative estimate of drug-likeness (QED) is 0.918. The van der Waals surface area contributed by atoms with E-state index in [-0.39, 0.29) is 5.82 Å². The van der Waals surface area contributed by atoms with Gasteiger partial charge in [0.15, 0.2) is 0 Å². The number of anilines is 1. The second-order valence-corrected chi connectivity index (χ2v) is 4.34. The normalized spacial score (nSPS) is 10.5. The van der Waals surface area contributed by atoms with E-state index in [1.165, 1.54) is 6.07 Å². The number of aromatic nitrogens is 2. The fraction of sp³-hybridized carbons (Fsp3) is 0.182. The summed E-state index contributed by atoms with van der Waals surface area (Å²) in [5.74, 6) is 0.335. The van der Waals surface area contributed by atoms with Crippen molar-refractivity contribution in [3.8, 4) is 5.69 Å². The Hall–Kier alpha value is -1.36. The Bertz CT molecular complexity index is 522. The number of aryl methyl sites for hydroxylation is 1. The van der Waals surface area contributed by atoms with E-state index >= 15 is 0 Å². The monoisotopic (exact) mass is 283 g/mol. The first-order valence-corrected chi connectivity index (χ1v) is 5.60. The summed E-state index contributed by atoms with van der Waals surface area (Å²) in [6, 6.07) is 4.94. The highest BCUT2D eigenvalue weighted by Gasteiger charge is 2.10. The van der Waals surface area contributed by atoms with Crippen molar-refractivity contribution in [3.05, 3.63) is 40.4 Å². The standard InChI is InChI=1S/C11H11BrFN3/c1-7-6-16(11(14-2)15-7)10-4-3-8(12)5-9(10)13/h3-6H,1-2H3,(H,14,15). The molecule has 0 spiro atoms. The molecule has 0 aliphatic heterocycles. The van der Waals surface area contributed by atoms with Crippen molar-refractivity contribution in [3.63, 3.8) is 0 Å². The molecule has 5 heteroatoms. The van der Waals surface area contributed by atoms with E-state index < -0.39 is 0 Å². The Kier molecular flexibility index (Phi) is 2.96. The minimum Gasteiger partial charge on any atom is -0.358 e. The van der Waals surface area contributed by atoms with Crippen LogP contribution >= 0.6 is 15.9 Å². The third kappa shape index (κ3) is 1.95. The molecule has 3 nitrogen and oxygen atoms in total. The van der Waals surface area contributed by atoms with Crippen molar-refractivity contribution in [2.45, 2.75) is 6.92 Å². The van der Waals surface area contributed by atoms with Crippen LogP contribution < -0.4 is 5.32 Å². The number of imidazole rings is 1. The minimum absolute atomic E-state index is 0.289. The minimum atomic E-state index is -0.289. The van der Waals surface area contributed by atoms with Crippen LogP contribution in [0.4, 0.5) is 10.3 Å². The molecule has 1 N–H and O–H groups in total. The average molecular weight is 284 g/mol. The highest BCUT2D eigenvalue weighted by Crippen LogP contribution is 2.22. The summed E-state index contributed by atoms with van der Waals surface area (Å²) in [5.41, 5.74) is 1.32. The number of hydrogen-bond donors (Lipinski definition) is 1. The molecular weight excluding hydrogens is 273 g/mol. The van der Waals surface area contributed by atoms with Crippen LogP contribution in [0.3, 0.4) is 0 Å². The molecule has 0 bridgehead atoms. The molecule has 0 aliphatic rings. The summed E-state index contributed by atoms with van der Waals surface area (Å²) >= 11 is 3.23. The van der Waals surface area contributed by atoms with Gasteiger partial charge in [0.1, 0.15) is 5.82 Å². The van der Waals surface area contributed by atoms with Gasteiger partial charge in [0.25, 0.3) is 0 Å². The van der Waals surface area contributed by atoms with Crippen LogP contribution in [0.15, 0.2) is 28.9 Å². The molecular formula is C11H11BrFN3. The predicted molar refractivity (Wildman–Crippen MR) is 65.5 cm³/mol. The smallest absolute Gasteiger partial charge is 0.207 e. The Labute approximate surface area is 101 Å². The third-order valence-electron chi connectivity index (χ3n) is 2.22. The number of benzene rings is 1. The van der Waals surface area contributed by atoms with Crippen molar-refractivity contribution < 1.29 is 4.39 Å². The highest BCUT2D eigenvalue weighted by molar-refractivity contribution is 9.10. The van der Waals surface area contributed by atoms with Crippen molar-refractivity contribution in [2.24, 2.45) is 0 Å². The number of halogens is 2. The van der Waals surface area contributed by atoms with Gasteiger partial charge in [0.2, 0.25) is 5.95 Å². The second kappa shape index (κ2) is 4.25. The summed E-state index contributed by atoms with van der Waals surface area (Å²) < 4.78 is 16.2. The fourth-order valence-electron chi connectivity index (χ4n) is 1.53. The Morgan fingerprint density at radius 2 is 2.19 bits per heavy atom. The second-order valence-electron chi connectivity index (χ2n) is 3.42. The van der Waals surface area contributed by atoms with Crippen LogP contribution in [-0.2, 0) is 0 Å². The molecule has 16 heavy (non-hydrogen) atoms. The Morgan fingerprint density at radius 1 is 1.44 bits per heavy atom. The molecule has 0 atom stereocenters. The molecule has 0 saturated carbocycles. The van der Waals surface area contributed by atoms with Crippen molar-refractivity contribution in [1.29, 1.82) is 0 Å². The van der Waals surface area contributed by atoms with Gasteiger partial charge in [0, 0.05) is 17.7 Å². The lowest BCUT2D eigenvalue weighted by Crippen LogP contribution is -2.02. The summed E-state index contributed by atoms with van der Waals surface area (Å²) in [6.07, 6.45) is 1.79. The lowest BCUT2D eigenvalue weighted by molar-refractivity contribution is 0.617. The average Bonchev–Trinajstić information content (AvgIpc) is 2.59. The van der Waals surface area contributed by atoms with Crippen LogP contribution in [0.25, 0.3) is 5.69 Å². The van der Waals surface area contributed by atoms with Crippen LogP contribution in [0.2, 0.25) is 0 Å². The van der Waals surface area contributed by atoms with Gasteiger partial charge in [-0.1, -0.05) is 15.9 Å². The largest absolute Gasteiger partial charge is 0.358 e. The van der Waals surface area contributed by atoms with E-state index in [0.29, 0.717) is 11.6 Å². The first-order chi connectivity index (χ1) is 7.61. The molecule has 2 aromatic rings. The molecule has 1 heterocycles. The van der Waals surface area contributed by atoms with E-state index in [4.69, 9.17) is 0 Å². The molecule has 1 aromatic heterocycles. The lowest BCUT2D eigenvalue weighted by atomic mass is 10.3. The maximum Gasteiger partial charge on any atom is 0.207 e. The maximum atomic E-state index is 13.8. The topological polar surface area (TPSA) is 29.9 Å². The lowest BCUT2D eigenvalue weighted by Gasteiger charge is -2.08. The molecule has 0 saturated heterocycles. The van der Waals surface area contributed by atoms with Crippen LogP contribution in [0.5, 0.6) is 0 Å². The van der Waals surface area contributed by atoms with Crippen molar-refractivity contribution >= 4 is 21.9 Å². The van der Waals surface area contributed by atoms with Crippen molar-refractivity contribution in [2.75, 3.05) is 12.4 Å². The first-order valence-electron chi connectivity index (χ1n) is 4.81. The molecule has 0 amide bonds. The van der Waals surface area contributed by atoms with Crippen LogP contribution in [0.1, 0.15) is 5.69 Å². The van der Waals surface area contributed by atoms with E-state index in [1.807, 2.05) is 6.92 Å². The van der Waals surface area contributed by atoms with Gasteiger partial charge in [-0.2, -0.15) is 0 Å². The SMILES string of the molecule is CNc1nc(C)cn1-c1ccc(Br)cc1F. The fourth-order valence-corrected chi connectivity index (χ4v) is 1.87. The number of nitrogens with zero attached hydrogens (tertiary/aromatic N) is 2. The number of rotatable bonds is 2. The van der Waals surface area contributed by atoms with E-state index in [1.54, 1.807) is 29.9 Å². The van der Waals surface area contributed by atoms with Gasteiger partial charge in [-0.3, -0.25) is 4.57 Å². The molecule has 2 rings (SSSR count). The van der Waals surface area contributed by atoms with Gasteiger partial charge >= 0.3 is 0 Å². The van der Waals surface area contributed by atoms with Gasteiger partial charge in [-0.25, -0.2) is 9.37 Å². The number of hydrogen-bond acceptors (Lipinski definition) is 2. The molecule has 0 fully saturated rings. The Balaban J connectivity index is 2.57. The van der Waals surface area contributed by atoms with E-state index in [9.17, 15) is 4.39 Å². The van der Waals surface area contributed by atoms with Crippen LogP contribution in [0, 0.1) is 12.7 Å². The van der Waals surface area contributed by atoms with Crippen LogP contribution in [-0.4, -0.2) is 16.6 Å². The van der Waals surface area contributed by atoms with Crippen molar-refractivity contribution in [1.82, 2.24) is 9.55 Å². The molecule has 0 aliphatic carbocycles. The molecule has 1 aromatic carbocycles. The van der Waals surface area contributed by atoms with Gasteiger partial charge in [-0.05, 0) is 25.1 Å². The summed E-state index contributed by atoms with van der Waals surface area (Å²) in [5, 5.41) is 2.93. The van der Waals surface area contributed by atoms with E-state index in [2.05, 4.69) is 26.2 Å². The molecule has 0 unspecified atom stereocenters. The Morgan fingerprint density at radius 3 is 2.81 bits per heavy atom. The predicted octanol–water partition coefficient (Wildman–Crippen LogP) is 3.12.